The summed E-state index contributed by atoms with van der Waals surface area (Å²) in [6.45, 7) is 0.836. The monoisotopic (exact) mass is 216 g/mol. The van der Waals surface area contributed by atoms with Crippen molar-refractivity contribution in [3.8, 4) is 0 Å². The molecule has 0 atom stereocenters. The zero-order chi connectivity index (χ0) is 10.4. The first-order chi connectivity index (χ1) is 6.70. The van der Waals surface area contributed by atoms with Crippen LogP contribution in [0.15, 0.2) is 17.5 Å². The van der Waals surface area contributed by atoms with Gasteiger partial charge in [0.15, 0.2) is 0 Å². The fourth-order valence-electron chi connectivity index (χ4n) is 0.829. The molecule has 6 heteroatoms. The van der Waals surface area contributed by atoms with E-state index < -0.39 is 6.03 Å². The Kier molecular flexibility index (Phi) is 4.37. The second kappa shape index (κ2) is 5.58. The molecule has 0 saturated carbocycles. The number of urea groups is 1. The van der Waals surface area contributed by atoms with Crippen LogP contribution in [0.2, 0.25) is 0 Å². The van der Waals surface area contributed by atoms with E-state index in [9.17, 15) is 4.79 Å². The van der Waals surface area contributed by atoms with Crippen LogP contribution in [-0.2, 0) is 11.3 Å². The second-order valence-electron chi connectivity index (χ2n) is 2.59. The van der Waals surface area contributed by atoms with Crippen molar-refractivity contribution >= 4 is 17.4 Å². The third kappa shape index (κ3) is 3.73. The van der Waals surface area contributed by atoms with Crippen LogP contribution < -0.4 is 5.73 Å². The predicted octanol–water partition coefficient (Wildman–Crippen LogP) is 1.03. The van der Waals surface area contributed by atoms with Crippen LogP contribution in [0.3, 0.4) is 0 Å². The van der Waals surface area contributed by atoms with E-state index in [0.717, 1.165) is 4.88 Å². The third-order valence-electron chi connectivity index (χ3n) is 1.53. The summed E-state index contributed by atoms with van der Waals surface area (Å²) in [6, 6.07) is 3.02. The first kappa shape index (κ1) is 11.0. The van der Waals surface area contributed by atoms with Crippen LogP contribution in [0.25, 0.3) is 0 Å². The van der Waals surface area contributed by atoms with E-state index in [1.165, 1.54) is 0 Å². The highest BCUT2D eigenvalue weighted by atomic mass is 32.1. The van der Waals surface area contributed by atoms with E-state index in [0.29, 0.717) is 11.7 Å². The number of hydroxylamine groups is 2. The van der Waals surface area contributed by atoms with Gasteiger partial charge in [0.2, 0.25) is 0 Å². The Labute approximate surface area is 85.7 Å². The number of rotatable bonds is 5. The van der Waals surface area contributed by atoms with Crippen molar-refractivity contribution in [2.75, 3.05) is 13.2 Å². The van der Waals surface area contributed by atoms with Gasteiger partial charge >= 0.3 is 6.03 Å². The van der Waals surface area contributed by atoms with Gasteiger partial charge in [-0.1, -0.05) is 6.07 Å². The number of primary amides is 1. The van der Waals surface area contributed by atoms with Crippen LogP contribution in [-0.4, -0.2) is 29.5 Å². The highest BCUT2D eigenvalue weighted by Gasteiger charge is 2.04. The van der Waals surface area contributed by atoms with E-state index >= 15 is 0 Å². The summed E-state index contributed by atoms with van der Waals surface area (Å²) in [5.41, 5.74) is 4.80. The number of hydrogen-bond donors (Lipinski definition) is 2. The first-order valence-corrected chi connectivity index (χ1v) is 4.94. The lowest BCUT2D eigenvalue weighted by atomic mass is 10.5. The highest BCUT2D eigenvalue weighted by Crippen LogP contribution is 2.09. The number of nitrogens with zero attached hydrogens (tertiary/aromatic N) is 1. The Balaban J connectivity index is 2.08. The van der Waals surface area contributed by atoms with Crippen LogP contribution in [0.4, 0.5) is 4.79 Å². The summed E-state index contributed by atoms with van der Waals surface area (Å²) >= 11 is 1.60. The Morgan fingerprint density at radius 3 is 3.07 bits per heavy atom. The number of nitrogens with two attached hydrogens (primary N) is 1. The summed E-state index contributed by atoms with van der Waals surface area (Å²) in [6.07, 6.45) is 0. The molecular weight excluding hydrogens is 204 g/mol. The Hall–Kier alpha value is -1.11. The lowest BCUT2D eigenvalue weighted by Gasteiger charge is -2.11. The first-order valence-electron chi connectivity index (χ1n) is 4.06. The molecule has 0 bridgehead atoms. The summed E-state index contributed by atoms with van der Waals surface area (Å²) in [7, 11) is 0. The number of carbonyl (C=O) groups is 1. The molecule has 1 aromatic rings. The van der Waals surface area contributed by atoms with Crippen molar-refractivity contribution in [3.05, 3.63) is 22.4 Å². The topological polar surface area (TPSA) is 75.8 Å². The van der Waals surface area contributed by atoms with Gasteiger partial charge in [-0.15, -0.1) is 11.3 Å². The fourth-order valence-corrected chi connectivity index (χ4v) is 1.47. The van der Waals surface area contributed by atoms with Gasteiger partial charge < -0.3 is 10.5 Å². The minimum absolute atomic E-state index is 0.0840. The number of thiophene rings is 1. The van der Waals surface area contributed by atoms with E-state index in [4.69, 9.17) is 15.7 Å². The molecule has 5 nitrogen and oxygen atoms in total. The molecule has 14 heavy (non-hydrogen) atoms. The smallest absolute Gasteiger partial charge is 0.338 e. The average molecular weight is 216 g/mol. The molecule has 0 radical (unpaired) electrons. The summed E-state index contributed by atoms with van der Waals surface area (Å²) in [4.78, 5) is 11.5. The average Bonchev–Trinajstić information content (AvgIpc) is 2.64. The minimum atomic E-state index is -0.871. The lowest BCUT2D eigenvalue weighted by Crippen LogP contribution is -2.35. The standard InChI is InChI=1S/C8H12N2O3S/c9-8(11)10(12)3-4-13-6-7-2-1-5-14-7/h1-2,5,12H,3-4,6H2,(H2,9,11). The molecule has 0 aliphatic rings. The van der Waals surface area contributed by atoms with Crippen molar-refractivity contribution < 1.29 is 14.7 Å². The normalized spacial score (nSPS) is 10.1. The molecule has 0 aliphatic carbocycles. The minimum Gasteiger partial charge on any atom is -0.374 e. The third-order valence-corrected chi connectivity index (χ3v) is 2.38. The van der Waals surface area contributed by atoms with E-state index in [-0.39, 0.29) is 13.2 Å². The molecule has 1 heterocycles. The molecule has 0 aliphatic heterocycles. The van der Waals surface area contributed by atoms with Gasteiger partial charge in [-0.25, -0.2) is 9.86 Å². The number of hydrogen-bond acceptors (Lipinski definition) is 4. The predicted molar refractivity (Wildman–Crippen MR) is 52.1 cm³/mol. The maximum Gasteiger partial charge on any atom is 0.338 e. The summed E-state index contributed by atoms with van der Waals surface area (Å²) in [5.74, 6) is 0. The molecule has 78 valence electrons. The Bertz CT molecular complexity index is 276. The van der Waals surface area contributed by atoms with Crippen LogP contribution in [0.5, 0.6) is 0 Å². The van der Waals surface area contributed by atoms with Gasteiger partial charge in [-0.3, -0.25) is 5.21 Å². The maximum atomic E-state index is 10.4. The van der Waals surface area contributed by atoms with Crippen molar-refractivity contribution in [1.29, 1.82) is 0 Å². The quantitative estimate of drug-likeness (QED) is 0.438. The van der Waals surface area contributed by atoms with Crippen LogP contribution >= 0.6 is 11.3 Å². The number of carbonyl (C=O) groups excluding carboxylic acids is 1. The molecule has 1 rings (SSSR count). The SMILES string of the molecule is NC(=O)N(O)CCOCc1cccs1. The fraction of sp³-hybridized carbons (Fsp3) is 0.375. The van der Waals surface area contributed by atoms with Crippen molar-refractivity contribution in [2.24, 2.45) is 5.73 Å². The number of ether oxygens (including phenoxy) is 1. The van der Waals surface area contributed by atoms with Gasteiger partial charge in [-0.05, 0) is 11.4 Å². The number of amides is 2. The molecule has 0 spiro atoms. The lowest BCUT2D eigenvalue weighted by molar-refractivity contribution is -0.0578. The molecule has 3 N–H and O–H groups in total. The van der Waals surface area contributed by atoms with Gasteiger partial charge in [0.05, 0.1) is 19.8 Å². The Morgan fingerprint density at radius 1 is 1.71 bits per heavy atom. The van der Waals surface area contributed by atoms with Crippen LogP contribution in [0, 0.1) is 0 Å². The largest absolute Gasteiger partial charge is 0.374 e. The zero-order valence-electron chi connectivity index (χ0n) is 7.55. The Morgan fingerprint density at radius 2 is 2.50 bits per heavy atom. The maximum absolute atomic E-state index is 10.4. The summed E-state index contributed by atoms with van der Waals surface area (Å²) in [5, 5.41) is 11.2. The zero-order valence-corrected chi connectivity index (χ0v) is 8.37. The van der Waals surface area contributed by atoms with Gasteiger partial charge in [0.25, 0.3) is 0 Å². The molecule has 2 amide bonds. The second-order valence-corrected chi connectivity index (χ2v) is 3.63. The van der Waals surface area contributed by atoms with E-state index in [1.54, 1.807) is 11.3 Å². The molecular formula is C8H12N2O3S. The van der Waals surface area contributed by atoms with Gasteiger partial charge in [-0.2, -0.15) is 0 Å². The molecule has 0 saturated heterocycles. The van der Waals surface area contributed by atoms with Crippen molar-refractivity contribution in [1.82, 2.24) is 5.06 Å². The van der Waals surface area contributed by atoms with Crippen molar-refractivity contribution in [3.63, 3.8) is 0 Å². The van der Waals surface area contributed by atoms with Crippen LogP contribution in [0.1, 0.15) is 4.88 Å². The highest BCUT2D eigenvalue weighted by molar-refractivity contribution is 7.09. The summed E-state index contributed by atoms with van der Waals surface area (Å²) < 4.78 is 5.20. The molecule has 0 unspecified atom stereocenters. The van der Waals surface area contributed by atoms with Crippen molar-refractivity contribution in [2.45, 2.75) is 6.61 Å². The van der Waals surface area contributed by atoms with E-state index in [2.05, 4.69) is 0 Å². The van der Waals surface area contributed by atoms with Gasteiger partial charge in [0, 0.05) is 4.88 Å². The van der Waals surface area contributed by atoms with E-state index in [1.807, 2.05) is 17.5 Å². The molecule has 0 aromatic carbocycles. The molecule has 1 aromatic heterocycles. The molecule has 0 fully saturated rings. The van der Waals surface area contributed by atoms with Gasteiger partial charge in [0.1, 0.15) is 0 Å².